The van der Waals surface area contributed by atoms with Gasteiger partial charge in [-0.1, -0.05) is 6.07 Å². The van der Waals surface area contributed by atoms with Crippen molar-refractivity contribution in [3.8, 4) is 0 Å². The zero-order valence-corrected chi connectivity index (χ0v) is 15.0. The van der Waals surface area contributed by atoms with E-state index in [1.54, 1.807) is 23.4 Å². The molecule has 7 heteroatoms. The van der Waals surface area contributed by atoms with Gasteiger partial charge >= 0.3 is 0 Å². The van der Waals surface area contributed by atoms with Crippen molar-refractivity contribution in [2.45, 2.75) is 6.04 Å². The maximum atomic E-state index is 13.7. The van der Waals surface area contributed by atoms with Gasteiger partial charge in [0.1, 0.15) is 11.4 Å². The molecule has 1 amide bonds. The van der Waals surface area contributed by atoms with Gasteiger partial charge in [0.15, 0.2) is 5.43 Å². The summed E-state index contributed by atoms with van der Waals surface area (Å²) in [6.45, 7) is 1.16. The Morgan fingerprint density at radius 1 is 1.26 bits per heavy atom. The van der Waals surface area contributed by atoms with Crippen LogP contribution in [0.4, 0.5) is 4.39 Å². The largest absolute Gasteiger partial charge is 0.450 e. The zero-order chi connectivity index (χ0) is 19.1. The molecule has 27 heavy (non-hydrogen) atoms. The standard InChI is InChI=1S/C20H18FN3O3/c1-23(2)8-9-24-17(12-4-3-7-22-11-12)16-18(25)14-10-13(21)5-6-15(14)27-19(16)20(24)26/h3-7,10-11,17H,8-9H2,1-2H3/p+1/t17-/m0/s1. The second-order valence-electron chi connectivity index (χ2n) is 6.96. The number of nitrogens with zero attached hydrogens (tertiary/aromatic N) is 2. The summed E-state index contributed by atoms with van der Waals surface area (Å²) in [7, 11) is 3.99. The Bertz CT molecular complexity index is 1080. The molecular weight excluding hydrogens is 349 g/mol. The number of aromatic nitrogens is 1. The number of amides is 1. The van der Waals surface area contributed by atoms with E-state index in [4.69, 9.17) is 4.42 Å². The van der Waals surface area contributed by atoms with E-state index >= 15 is 0 Å². The monoisotopic (exact) mass is 368 g/mol. The molecule has 138 valence electrons. The van der Waals surface area contributed by atoms with Crippen LogP contribution < -0.4 is 10.3 Å². The smallest absolute Gasteiger partial charge is 0.291 e. The van der Waals surface area contributed by atoms with Crippen LogP contribution in [0.2, 0.25) is 0 Å². The molecule has 0 unspecified atom stereocenters. The molecule has 0 saturated heterocycles. The summed E-state index contributed by atoms with van der Waals surface area (Å²) >= 11 is 0. The highest BCUT2D eigenvalue weighted by atomic mass is 19.1. The Kier molecular flexibility index (Phi) is 4.24. The van der Waals surface area contributed by atoms with Gasteiger partial charge in [-0.15, -0.1) is 0 Å². The van der Waals surface area contributed by atoms with Crippen LogP contribution in [0.3, 0.4) is 0 Å². The van der Waals surface area contributed by atoms with Crippen molar-refractivity contribution in [3.05, 3.63) is 75.7 Å². The van der Waals surface area contributed by atoms with Gasteiger partial charge in [-0.25, -0.2) is 4.39 Å². The number of fused-ring (bicyclic) bond motifs is 2. The summed E-state index contributed by atoms with van der Waals surface area (Å²) in [5, 5.41) is 0.135. The number of halogens is 1. The Balaban J connectivity index is 1.95. The molecule has 0 radical (unpaired) electrons. The van der Waals surface area contributed by atoms with Crippen LogP contribution in [0.5, 0.6) is 0 Å². The van der Waals surface area contributed by atoms with Gasteiger partial charge in [0, 0.05) is 12.4 Å². The Labute approximate surface area is 154 Å². The summed E-state index contributed by atoms with van der Waals surface area (Å²) < 4.78 is 19.4. The molecule has 0 bridgehead atoms. The molecule has 1 aliphatic heterocycles. The molecule has 0 saturated carbocycles. The van der Waals surface area contributed by atoms with Crippen molar-refractivity contribution in [1.82, 2.24) is 9.88 Å². The molecule has 1 aromatic carbocycles. The first kappa shape index (κ1) is 17.4. The van der Waals surface area contributed by atoms with Crippen molar-refractivity contribution in [2.75, 3.05) is 27.2 Å². The molecule has 1 aliphatic rings. The average Bonchev–Trinajstić information content (AvgIpc) is 2.94. The number of likely N-dealkylation sites (N-methyl/N-ethyl adjacent to an activating group) is 1. The lowest BCUT2D eigenvalue weighted by Crippen LogP contribution is -3.06. The molecule has 3 aromatic rings. The molecule has 1 N–H and O–H groups in total. The van der Waals surface area contributed by atoms with Crippen LogP contribution in [-0.4, -0.2) is 43.0 Å². The highest BCUT2D eigenvalue weighted by Gasteiger charge is 2.42. The molecule has 6 nitrogen and oxygen atoms in total. The van der Waals surface area contributed by atoms with Crippen LogP contribution in [0.15, 0.2) is 51.9 Å². The third-order valence-corrected chi connectivity index (χ3v) is 4.78. The van der Waals surface area contributed by atoms with Gasteiger partial charge in [-0.05, 0) is 29.8 Å². The fraction of sp³-hybridized carbons (Fsp3) is 0.250. The topological polar surface area (TPSA) is 67.8 Å². The maximum absolute atomic E-state index is 13.7. The van der Waals surface area contributed by atoms with E-state index in [-0.39, 0.29) is 33.6 Å². The zero-order valence-electron chi connectivity index (χ0n) is 15.0. The molecule has 3 heterocycles. The Morgan fingerprint density at radius 3 is 2.78 bits per heavy atom. The van der Waals surface area contributed by atoms with Crippen LogP contribution in [0, 0.1) is 5.82 Å². The molecular formula is C20H19FN3O3+. The van der Waals surface area contributed by atoms with E-state index in [0.29, 0.717) is 13.1 Å². The second kappa shape index (κ2) is 6.59. The van der Waals surface area contributed by atoms with E-state index in [9.17, 15) is 14.0 Å². The summed E-state index contributed by atoms with van der Waals surface area (Å²) in [5.41, 5.74) is 0.799. The molecule has 0 aliphatic carbocycles. The minimum atomic E-state index is -0.593. The van der Waals surface area contributed by atoms with E-state index in [2.05, 4.69) is 4.98 Å². The summed E-state index contributed by atoms with van der Waals surface area (Å²) in [6, 6.07) is 6.73. The van der Waals surface area contributed by atoms with Crippen molar-refractivity contribution in [2.24, 2.45) is 0 Å². The quantitative estimate of drug-likeness (QED) is 0.747. The number of carbonyl (C=O) groups is 1. The summed E-state index contributed by atoms with van der Waals surface area (Å²) in [5.74, 6) is -0.824. The van der Waals surface area contributed by atoms with Gasteiger partial charge in [-0.2, -0.15) is 0 Å². The SMILES string of the molecule is C[NH+](C)CCN1C(=O)c2oc3ccc(F)cc3c(=O)c2[C@@H]1c1cccnc1. The van der Waals surface area contributed by atoms with Crippen LogP contribution >= 0.6 is 0 Å². The third-order valence-electron chi connectivity index (χ3n) is 4.78. The van der Waals surface area contributed by atoms with Gasteiger partial charge < -0.3 is 14.2 Å². The first-order chi connectivity index (χ1) is 13.0. The van der Waals surface area contributed by atoms with Crippen molar-refractivity contribution in [3.63, 3.8) is 0 Å². The fourth-order valence-corrected chi connectivity index (χ4v) is 3.45. The number of hydrogen-bond donors (Lipinski definition) is 1. The molecule has 0 spiro atoms. The normalized spacial score (nSPS) is 16.4. The highest BCUT2D eigenvalue weighted by Crippen LogP contribution is 2.37. The van der Waals surface area contributed by atoms with E-state index < -0.39 is 11.9 Å². The van der Waals surface area contributed by atoms with Gasteiger partial charge in [-0.3, -0.25) is 14.6 Å². The number of rotatable bonds is 4. The predicted octanol–water partition coefficient (Wildman–Crippen LogP) is 1.02. The first-order valence-electron chi connectivity index (χ1n) is 8.73. The number of nitrogens with one attached hydrogen (secondary N) is 1. The number of quaternary nitrogens is 1. The van der Waals surface area contributed by atoms with Gasteiger partial charge in [0.05, 0.1) is 44.2 Å². The predicted molar refractivity (Wildman–Crippen MR) is 97.2 cm³/mol. The Hall–Kier alpha value is -3.06. The van der Waals surface area contributed by atoms with Crippen LogP contribution in [0.25, 0.3) is 11.0 Å². The van der Waals surface area contributed by atoms with Gasteiger partial charge in [0.25, 0.3) is 5.91 Å². The average molecular weight is 368 g/mol. The molecule has 0 fully saturated rings. The second-order valence-corrected chi connectivity index (χ2v) is 6.96. The van der Waals surface area contributed by atoms with E-state index in [1.807, 2.05) is 20.2 Å². The number of hydrogen-bond acceptors (Lipinski definition) is 4. The summed E-state index contributed by atoms with van der Waals surface area (Å²) in [6.07, 6.45) is 3.27. The minimum Gasteiger partial charge on any atom is -0.450 e. The maximum Gasteiger partial charge on any atom is 0.291 e. The number of pyridine rings is 1. The number of benzene rings is 1. The lowest BCUT2D eigenvalue weighted by atomic mass is 10.00. The molecule has 4 rings (SSSR count). The molecule has 1 atom stereocenters. The Morgan fingerprint density at radius 2 is 2.07 bits per heavy atom. The van der Waals surface area contributed by atoms with Gasteiger partial charge in [0.2, 0.25) is 5.76 Å². The third kappa shape index (κ3) is 2.90. The van der Waals surface area contributed by atoms with Crippen LogP contribution in [-0.2, 0) is 0 Å². The van der Waals surface area contributed by atoms with Crippen molar-refractivity contribution >= 4 is 16.9 Å². The summed E-state index contributed by atoms with van der Waals surface area (Å²) in [4.78, 5) is 33.1. The lowest BCUT2D eigenvalue weighted by Gasteiger charge is -2.25. The minimum absolute atomic E-state index is 0.0294. The molecule has 2 aromatic heterocycles. The number of carbonyl (C=O) groups excluding carboxylic acids is 1. The first-order valence-corrected chi connectivity index (χ1v) is 8.73. The van der Waals surface area contributed by atoms with E-state index in [0.717, 1.165) is 11.6 Å². The van der Waals surface area contributed by atoms with Crippen molar-refractivity contribution in [1.29, 1.82) is 0 Å². The van der Waals surface area contributed by atoms with Crippen molar-refractivity contribution < 1.29 is 18.5 Å². The fourth-order valence-electron chi connectivity index (χ4n) is 3.45. The highest BCUT2D eigenvalue weighted by molar-refractivity contribution is 5.99. The van der Waals surface area contributed by atoms with Crippen LogP contribution in [0.1, 0.15) is 27.7 Å². The lowest BCUT2D eigenvalue weighted by molar-refractivity contribution is -0.857. The van der Waals surface area contributed by atoms with E-state index in [1.165, 1.54) is 17.0 Å².